The molecule has 94 valence electrons. The van der Waals surface area contributed by atoms with Crippen molar-refractivity contribution in [3.8, 4) is 0 Å². The molecule has 0 spiro atoms. The number of hydrogen-bond donors (Lipinski definition) is 3. The average Bonchev–Trinajstić information content (AvgIpc) is 2.85. The SMILES string of the molecule is CC(NC(=O)Nc1ccccc1F)c1ncn[nH]1. The van der Waals surface area contributed by atoms with Crippen molar-refractivity contribution < 1.29 is 9.18 Å². The number of anilines is 1. The number of amides is 2. The molecule has 0 radical (unpaired) electrons. The van der Waals surface area contributed by atoms with Crippen molar-refractivity contribution in [1.82, 2.24) is 20.5 Å². The molecule has 0 saturated carbocycles. The van der Waals surface area contributed by atoms with E-state index in [0.717, 1.165) is 0 Å². The van der Waals surface area contributed by atoms with Crippen LogP contribution in [0.2, 0.25) is 0 Å². The Kier molecular flexibility index (Phi) is 3.52. The number of carbonyl (C=O) groups is 1. The molecular formula is C11H12FN5O. The third-order valence-electron chi connectivity index (χ3n) is 2.31. The topological polar surface area (TPSA) is 82.7 Å². The maximum Gasteiger partial charge on any atom is 0.319 e. The number of halogens is 1. The van der Waals surface area contributed by atoms with Gasteiger partial charge in [0.15, 0.2) is 0 Å². The third-order valence-corrected chi connectivity index (χ3v) is 2.31. The van der Waals surface area contributed by atoms with Crippen LogP contribution in [0.25, 0.3) is 0 Å². The van der Waals surface area contributed by atoms with Crippen molar-refractivity contribution in [3.05, 3.63) is 42.2 Å². The van der Waals surface area contributed by atoms with Gasteiger partial charge < -0.3 is 10.6 Å². The highest BCUT2D eigenvalue weighted by atomic mass is 19.1. The standard InChI is InChI=1S/C11H12FN5O/c1-7(10-13-6-14-17-10)15-11(18)16-9-5-3-2-4-8(9)12/h2-7H,1H3,(H,13,14,17)(H2,15,16,18). The summed E-state index contributed by atoms with van der Waals surface area (Å²) in [6.07, 6.45) is 1.35. The first-order valence-corrected chi connectivity index (χ1v) is 5.34. The molecule has 3 N–H and O–H groups in total. The lowest BCUT2D eigenvalue weighted by Gasteiger charge is -2.12. The maximum atomic E-state index is 13.3. The second-order valence-electron chi connectivity index (χ2n) is 3.67. The molecule has 18 heavy (non-hydrogen) atoms. The van der Waals surface area contributed by atoms with Gasteiger partial charge in [-0.3, -0.25) is 5.10 Å². The number of H-pyrrole nitrogens is 1. The number of para-hydroxylation sites is 1. The van der Waals surface area contributed by atoms with Crippen LogP contribution in [0.3, 0.4) is 0 Å². The van der Waals surface area contributed by atoms with Crippen LogP contribution in [0.1, 0.15) is 18.8 Å². The molecule has 0 aliphatic heterocycles. The highest BCUT2D eigenvalue weighted by Gasteiger charge is 2.12. The minimum atomic E-state index is -0.510. The monoisotopic (exact) mass is 249 g/mol. The first-order chi connectivity index (χ1) is 8.66. The van der Waals surface area contributed by atoms with Gasteiger partial charge in [-0.05, 0) is 19.1 Å². The molecule has 1 aromatic carbocycles. The number of urea groups is 1. The summed E-state index contributed by atoms with van der Waals surface area (Å²) in [5.41, 5.74) is 0.125. The van der Waals surface area contributed by atoms with E-state index in [0.29, 0.717) is 5.82 Å². The van der Waals surface area contributed by atoms with Crippen molar-refractivity contribution >= 4 is 11.7 Å². The van der Waals surface area contributed by atoms with Gasteiger partial charge in [-0.2, -0.15) is 5.10 Å². The largest absolute Gasteiger partial charge is 0.328 e. The zero-order valence-electron chi connectivity index (χ0n) is 9.64. The maximum absolute atomic E-state index is 13.3. The van der Waals surface area contributed by atoms with Crippen LogP contribution in [0.5, 0.6) is 0 Å². The van der Waals surface area contributed by atoms with Gasteiger partial charge in [-0.1, -0.05) is 12.1 Å². The lowest BCUT2D eigenvalue weighted by molar-refractivity contribution is 0.249. The van der Waals surface area contributed by atoms with E-state index in [-0.39, 0.29) is 11.7 Å². The van der Waals surface area contributed by atoms with Crippen molar-refractivity contribution in [2.75, 3.05) is 5.32 Å². The lowest BCUT2D eigenvalue weighted by Crippen LogP contribution is -2.32. The van der Waals surface area contributed by atoms with Crippen LogP contribution in [0, 0.1) is 5.82 Å². The van der Waals surface area contributed by atoms with E-state index >= 15 is 0 Å². The van der Waals surface area contributed by atoms with Crippen LogP contribution in [0.15, 0.2) is 30.6 Å². The Hall–Kier alpha value is -2.44. The molecule has 2 aromatic rings. The van der Waals surface area contributed by atoms with Crippen LogP contribution in [-0.4, -0.2) is 21.2 Å². The van der Waals surface area contributed by atoms with Gasteiger partial charge in [0.25, 0.3) is 0 Å². The fraction of sp³-hybridized carbons (Fsp3) is 0.182. The van der Waals surface area contributed by atoms with E-state index in [1.54, 1.807) is 19.1 Å². The molecule has 0 saturated heterocycles. The van der Waals surface area contributed by atoms with Crippen LogP contribution in [0.4, 0.5) is 14.9 Å². The molecule has 1 atom stereocenters. The summed E-state index contributed by atoms with van der Waals surface area (Å²) in [5, 5.41) is 11.3. The van der Waals surface area contributed by atoms with Gasteiger partial charge in [0.1, 0.15) is 18.0 Å². The summed E-state index contributed by atoms with van der Waals surface area (Å²) < 4.78 is 13.3. The Labute approximate surface area is 103 Å². The minimum absolute atomic E-state index is 0.125. The molecule has 0 fully saturated rings. The first kappa shape index (κ1) is 12.0. The first-order valence-electron chi connectivity index (χ1n) is 5.34. The van der Waals surface area contributed by atoms with E-state index < -0.39 is 11.8 Å². The highest BCUT2D eigenvalue weighted by Crippen LogP contribution is 2.12. The average molecular weight is 249 g/mol. The molecule has 0 bridgehead atoms. The van der Waals surface area contributed by atoms with E-state index in [9.17, 15) is 9.18 Å². The van der Waals surface area contributed by atoms with Crippen LogP contribution in [-0.2, 0) is 0 Å². The van der Waals surface area contributed by atoms with Crippen LogP contribution >= 0.6 is 0 Å². The third kappa shape index (κ3) is 2.82. The molecule has 0 aliphatic rings. The molecule has 1 aromatic heterocycles. The van der Waals surface area contributed by atoms with Gasteiger partial charge in [-0.25, -0.2) is 14.2 Å². The Balaban J connectivity index is 1.95. The molecule has 6 nitrogen and oxygen atoms in total. The van der Waals surface area contributed by atoms with Crippen LogP contribution < -0.4 is 10.6 Å². The number of benzene rings is 1. The van der Waals surface area contributed by atoms with Gasteiger partial charge in [0.2, 0.25) is 0 Å². The minimum Gasteiger partial charge on any atom is -0.328 e. The van der Waals surface area contributed by atoms with E-state index in [1.807, 2.05) is 0 Å². The van der Waals surface area contributed by atoms with Crippen molar-refractivity contribution in [1.29, 1.82) is 0 Å². The highest BCUT2D eigenvalue weighted by molar-refractivity contribution is 5.89. The Morgan fingerprint density at radius 1 is 1.44 bits per heavy atom. The zero-order valence-corrected chi connectivity index (χ0v) is 9.64. The lowest BCUT2D eigenvalue weighted by atomic mass is 10.3. The molecule has 0 aliphatic carbocycles. The normalized spacial score (nSPS) is 11.9. The smallest absolute Gasteiger partial charge is 0.319 e. The summed E-state index contributed by atoms with van der Waals surface area (Å²) in [7, 11) is 0. The summed E-state index contributed by atoms with van der Waals surface area (Å²) in [6.45, 7) is 1.74. The summed E-state index contributed by atoms with van der Waals surface area (Å²) in [5.74, 6) is 0.0404. The molecule has 2 amide bonds. The van der Waals surface area contributed by atoms with E-state index in [1.165, 1.54) is 18.5 Å². The number of aromatic amines is 1. The number of nitrogens with one attached hydrogen (secondary N) is 3. The predicted molar refractivity (Wildman–Crippen MR) is 63.4 cm³/mol. The number of hydrogen-bond acceptors (Lipinski definition) is 3. The molecule has 1 unspecified atom stereocenters. The molecule has 7 heteroatoms. The fourth-order valence-electron chi connectivity index (χ4n) is 1.41. The molecule has 2 rings (SSSR count). The fourth-order valence-corrected chi connectivity index (χ4v) is 1.41. The quantitative estimate of drug-likeness (QED) is 0.776. The second kappa shape index (κ2) is 5.26. The van der Waals surface area contributed by atoms with Crippen molar-refractivity contribution in [2.24, 2.45) is 0 Å². The zero-order chi connectivity index (χ0) is 13.0. The van der Waals surface area contributed by atoms with Crippen molar-refractivity contribution in [2.45, 2.75) is 13.0 Å². The Bertz CT molecular complexity index is 528. The number of aromatic nitrogens is 3. The van der Waals surface area contributed by atoms with Crippen molar-refractivity contribution in [3.63, 3.8) is 0 Å². The molecule has 1 heterocycles. The summed E-state index contributed by atoms with van der Waals surface area (Å²) in [4.78, 5) is 15.5. The van der Waals surface area contributed by atoms with Gasteiger partial charge in [0.05, 0.1) is 11.7 Å². The Morgan fingerprint density at radius 3 is 2.89 bits per heavy atom. The van der Waals surface area contributed by atoms with Gasteiger partial charge in [-0.15, -0.1) is 0 Å². The predicted octanol–water partition coefficient (Wildman–Crippen LogP) is 1.83. The molecular weight excluding hydrogens is 237 g/mol. The Morgan fingerprint density at radius 2 is 2.22 bits per heavy atom. The van der Waals surface area contributed by atoms with E-state index in [4.69, 9.17) is 0 Å². The summed E-state index contributed by atoms with van der Waals surface area (Å²) in [6, 6.07) is 5.08. The number of rotatable bonds is 3. The van der Waals surface area contributed by atoms with E-state index in [2.05, 4.69) is 25.8 Å². The second-order valence-corrected chi connectivity index (χ2v) is 3.67. The van der Waals surface area contributed by atoms with Gasteiger partial charge >= 0.3 is 6.03 Å². The number of nitrogens with zero attached hydrogens (tertiary/aromatic N) is 2. The van der Waals surface area contributed by atoms with Gasteiger partial charge in [0, 0.05) is 0 Å². The summed E-state index contributed by atoms with van der Waals surface area (Å²) >= 11 is 0. The number of carbonyl (C=O) groups excluding carboxylic acids is 1.